The van der Waals surface area contributed by atoms with E-state index < -0.39 is 0 Å². The largest absolute Gasteiger partial charge is 0.466 e. The van der Waals surface area contributed by atoms with Crippen molar-refractivity contribution in [1.29, 1.82) is 0 Å². The van der Waals surface area contributed by atoms with Crippen LogP contribution in [0, 0.1) is 5.92 Å². The minimum absolute atomic E-state index is 0.0591. The van der Waals surface area contributed by atoms with Gasteiger partial charge in [0.25, 0.3) is 0 Å². The number of likely N-dealkylation sites (tertiary alicyclic amines) is 1. The number of ether oxygens (including phenoxy) is 1. The first-order valence-electron chi connectivity index (χ1n) is 8.65. The van der Waals surface area contributed by atoms with E-state index in [2.05, 4.69) is 11.9 Å². The van der Waals surface area contributed by atoms with E-state index >= 15 is 0 Å². The number of amides is 1. The minimum atomic E-state index is -0.154. The molecule has 2 rings (SSSR count). The lowest BCUT2D eigenvalue weighted by Crippen LogP contribution is -2.43. The van der Waals surface area contributed by atoms with Gasteiger partial charge in [-0.3, -0.25) is 14.5 Å². The summed E-state index contributed by atoms with van der Waals surface area (Å²) in [5, 5.41) is 2.98. The van der Waals surface area contributed by atoms with Crippen LogP contribution in [0.25, 0.3) is 0 Å². The Morgan fingerprint density at radius 2 is 2.24 bits per heavy atom. The zero-order valence-electron chi connectivity index (χ0n) is 14.7. The molecule has 1 amide bonds. The van der Waals surface area contributed by atoms with Crippen molar-refractivity contribution in [2.75, 3.05) is 37.3 Å². The number of carbonyl (C=O) groups excluding carboxylic acids is 2. The van der Waals surface area contributed by atoms with Crippen LogP contribution in [0.3, 0.4) is 0 Å². The first-order valence-corrected chi connectivity index (χ1v) is 9.64. The second kappa shape index (κ2) is 10.3. The number of nitrogens with one attached hydrogen (secondary N) is 1. The number of rotatable bonds is 8. The molecule has 6 heteroatoms. The molecule has 1 aliphatic rings. The van der Waals surface area contributed by atoms with Crippen molar-refractivity contribution in [3.05, 3.63) is 36.9 Å². The van der Waals surface area contributed by atoms with Gasteiger partial charge in [-0.25, -0.2) is 0 Å². The summed E-state index contributed by atoms with van der Waals surface area (Å²) in [6, 6.07) is 7.75. The molecule has 0 aromatic heterocycles. The molecule has 136 valence electrons. The number of carbonyl (C=O) groups is 2. The highest BCUT2D eigenvalue weighted by molar-refractivity contribution is 7.99. The predicted molar refractivity (Wildman–Crippen MR) is 102 cm³/mol. The Hall–Kier alpha value is -1.79. The standard InChI is InChI=1S/C19H26N2O3S/c1-3-12-25-17-10-6-5-9-16(17)20-18(22)14-21-11-7-8-15(13-21)19(23)24-4-2/h3,5-6,9-10,15H,1,4,7-8,11-14H2,2H3,(H,20,22). The summed E-state index contributed by atoms with van der Waals surface area (Å²) < 4.78 is 5.11. The second-order valence-electron chi connectivity index (χ2n) is 5.97. The van der Waals surface area contributed by atoms with Gasteiger partial charge in [-0.15, -0.1) is 18.3 Å². The highest BCUT2D eigenvalue weighted by Crippen LogP contribution is 2.27. The van der Waals surface area contributed by atoms with Gasteiger partial charge < -0.3 is 10.1 Å². The first-order chi connectivity index (χ1) is 12.1. The predicted octanol–water partition coefficient (Wildman–Crippen LogP) is 3.18. The molecule has 0 radical (unpaired) electrons. The number of anilines is 1. The minimum Gasteiger partial charge on any atom is -0.466 e. The molecular formula is C19H26N2O3S. The van der Waals surface area contributed by atoms with Crippen LogP contribution in [-0.2, 0) is 14.3 Å². The number of nitrogens with zero attached hydrogens (tertiary/aromatic N) is 1. The number of para-hydroxylation sites is 1. The van der Waals surface area contributed by atoms with Gasteiger partial charge in [0.15, 0.2) is 0 Å². The van der Waals surface area contributed by atoms with Crippen molar-refractivity contribution in [2.24, 2.45) is 5.92 Å². The van der Waals surface area contributed by atoms with E-state index in [0.717, 1.165) is 35.7 Å². The van der Waals surface area contributed by atoms with Crippen molar-refractivity contribution >= 4 is 29.3 Å². The molecule has 0 bridgehead atoms. The number of esters is 1. The zero-order chi connectivity index (χ0) is 18.1. The summed E-state index contributed by atoms with van der Waals surface area (Å²) >= 11 is 1.64. The lowest BCUT2D eigenvalue weighted by atomic mass is 9.98. The van der Waals surface area contributed by atoms with Crippen LogP contribution in [0.15, 0.2) is 41.8 Å². The van der Waals surface area contributed by atoms with Gasteiger partial charge in [0.05, 0.1) is 24.8 Å². The van der Waals surface area contributed by atoms with Crippen LogP contribution < -0.4 is 5.32 Å². The second-order valence-corrected chi connectivity index (χ2v) is 7.03. The molecule has 0 aliphatic carbocycles. The molecule has 1 fully saturated rings. The maximum atomic E-state index is 12.4. The van der Waals surface area contributed by atoms with E-state index in [-0.39, 0.29) is 24.3 Å². The number of hydrogen-bond acceptors (Lipinski definition) is 5. The first kappa shape index (κ1) is 19.5. The van der Waals surface area contributed by atoms with E-state index in [1.54, 1.807) is 11.8 Å². The molecule has 1 atom stereocenters. The number of thioether (sulfide) groups is 1. The van der Waals surface area contributed by atoms with Crippen LogP contribution in [0.1, 0.15) is 19.8 Å². The lowest BCUT2D eigenvalue weighted by Gasteiger charge is -2.30. The van der Waals surface area contributed by atoms with Crippen molar-refractivity contribution in [3.63, 3.8) is 0 Å². The Balaban J connectivity index is 1.89. The van der Waals surface area contributed by atoms with E-state index in [0.29, 0.717) is 13.2 Å². The normalized spacial score (nSPS) is 17.7. The fourth-order valence-electron chi connectivity index (χ4n) is 2.89. The van der Waals surface area contributed by atoms with E-state index in [1.807, 2.05) is 42.2 Å². The molecule has 0 saturated carbocycles. The third-order valence-electron chi connectivity index (χ3n) is 4.01. The Morgan fingerprint density at radius 1 is 1.44 bits per heavy atom. The molecular weight excluding hydrogens is 336 g/mol. The van der Waals surface area contributed by atoms with Gasteiger partial charge in [-0.1, -0.05) is 18.2 Å². The quantitative estimate of drug-likeness (QED) is 0.437. The third-order valence-corrected chi connectivity index (χ3v) is 5.08. The van der Waals surface area contributed by atoms with Crippen LogP contribution in [-0.4, -0.2) is 48.8 Å². The highest BCUT2D eigenvalue weighted by atomic mass is 32.2. The maximum Gasteiger partial charge on any atom is 0.310 e. The van der Waals surface area contributed by atoms with Gasteiger partial charge >= 0.3 is 5.97 Å². The Labute approximate surface area is 153 Å². The molecule has 1 N–H and O–H groups in total. The van der Waals surface area contributed by atoms with E-state index in [1.165, 1.54) is 0 Å². The molecule has 5 nitrogen and oxygen atoms in total. The lowest BCUT2D eigenvalue weighted by molar-refractivity contribution is -0.150. The van der Waals surface area contributed by atoms with Crippen molar-refractivity contribution in [1.82, 2.24) is 4.90 Å². The van der Waals surface area contributed by atoms with Crippen molar-refractivity contribution in [2.45, 2.75) is 24.7 Å². The van der Waals surface area contributed by atoms with Crippen molar-refractivity contribution in [3.8, 4) is 0 Å². The van der Waals surface area contributed by atoms with Crippen molar-refractivity contribution < 1.29 is 14.3 Å². The fourth-order valence-corrected chi connectivity index (χ4v) is 3.64. The van der Waals surface area contributed by atoms with Gasteiger partial charge in [-0.05, 0) is 38.4 Å². The molecule has 25 heavy (non-hydrogen) atoms. The SMILES string of the molecule is C=CCSc1ccccc1NC(=O)CN1CCCC(C(=O)OCC)C1. The van der Waals surface area contributed by atoms with Gasteiger partial charge in [0, 0.05) is 17.2 Å². The maximum absolute atomic E-state index is 12.4. The molecule has 1 aromatic carbocycles. The summed E-state index contributed by atoms with van der Waals surface area (Å²) in [6.45, 7) is 7.64. The van der Waals surface area contributed by atoms with Gasteiger partial charge in [0.1, 0.15) is 0 Å². The van der Waals surface area contributed by atoms with Crippen LogP contribution in [0.2, 0.25) is 0 Å². The zero-order valence-corrected chi connectivity index (χ0v) is 15.5. The van der Waals surface area contributed by atoms with E-state index in [4.69, 9.17) is 4.74 Å². The average Bonchev–Trinajstić information content (AvgIpc) is 2.61. The molecule has 1 heterocycles. The van der Waals surface area contributed by atoms with Gasteiger partial charge in [0.2, 0.25) is 5.91 Å². The molecule has 0 spiro atoms. The smallest absolute Gasteiger partial charge is 0.310 e. The summed E-state index contributed by atoms with van der Waals surface area (Å²) in [4.78, 5) is 27.4. The Kier molecular flexibility index (Phi) is 8.01. The van der Waals surface area contributed by atoms with Crippen LogP contribution >= 0.6 is 11.8 Å². The summed E-state index contributed by atoms with van der Waals surface area (Å²) in [5.41, 5.74) is 0.818. The topological polar surface area (TPSA) is 58.6 Å². The van der Waals surface area contributed by atoms with Crippen LogP contribution in [0.4, 0.5) is 5.69 Å². The number of benzene rings is 1. The number of hydrogen-bond donors (Lipinski definition) is 1. The molecule has 1 unspecified atom stereocenters. The average molecular weight is 362 g/mol. The monoisotopic (exact) mass is 362 g/mol. The Morgan fingerprint density at radius 3 is 3.00 bits per heavy atom. The summed E-state index contributed by atoms with van der Waals surface area (Å²) in [5.74, 6) is 0.451. The number of piperidine rings is 1. The highest BCUT2D eigenvalue weighted by Gasteiger charge is 2.27. The molecule has 1 saturated heterocycles. The summed E-state index contributed by atoms with van der Waals surface area (Å²) in [7, 11) is 0. The van der Waals surface area contributed by atoms with Gasteiger partial charge in [-0.2, -0.15) is 0 Å². The van der Waals surface area contributed by atoms with E-state index in [9.17, 15) is 9.59 Å². The third kappa shape index (κ3) is 6.21. The fraction of sp³-hybridized carbons (Fsp3) is 0.474. The van der Waals surface area contributed by atoms with Crippen LogP contribution in [0.5, 0.6) is 0 Å². The molecule has 1 aromatic rings. The summed E-state index contributed by atoms with van der Waals surface area (Å²) in [6.07, 6.45) is 3.58. The Bertz CT molecular complexity index is 606. The molecule has 1 aliphatic heterocycles.